The SMILES string of the molecule is COc1cc2nc(-c3cccc(C(F)(F)F)c3)nc(N3CCCCCC3)c2cc1OC. The van der Waals surface area contributed by atoms with Crippen LogP contribution in [0.15, 0.2) is 36.4 Å². The van der Waals surface area contributed by atoms with Crippen molar-refractivity contribution in [1.82, 2.24) is 9.97 Å². The molecule has 0 radical (unpaired) electrons. The third-order valence-corrected chi connectivity index (χ3v) is 5.53. The lowest BCUT2D eigenvalue weighted by Gasteiger charge is -2.24. The molecule has 8 heteroatoms. The van der Waals surface area contributed by atoms with E-state index in [9.17, 15) is 13.2 Å². The van der Waals surface area contributed by atoms with Gasteiger partial charge in [-0.2, -0.15) is 13.2 Å². The highest BCUT2D eigenvalue weighted by Gasteiger charge is 2.31. The number of halogens is 3. The molecule has 0 bridgehead atoms. The van der Waals surface area contributed by atoms with E-state index in [1.165, 1.54) is 13.2 Å². The van der Waals surface area contributed by atoms with Crippen molar-refractivity contribution < 1.29 is 22.6 Å². The fourth-order valence-corrected chi connectivity index (χ4v) is 3.93. The highest BCUT2D eigenvalue weighted by Crippen LogP contribution is 2.38. The molecule has 2 aromatic carbocycles. The number of ether oxygens (including phenoxy) is 2. The monoisotopic (exact) mass is 431 g/mol. The fourth-order valence-electron chi connectivity index (χ4n) is 3.93. The van der Waals surface area contributed by atoms with Crippen LogP contribution in [0.1, 0.15) is 31.2 Å². The van der Waals surface area contributed by atoms with E-state index in [4.69, 9.17) is 14.5 Å². The van der Waals surface area contributed by atoms with Gasteiger partial charge in [0.15, 0.2) is 17.3 Å². The predicted octanol–water partition coefficient (Wildman–Crippen LogP) is 5.71. The number of rotatable bonds is 4. The highest BCUT2D eigenvalue weighted by molar-refractivity contribution is 5.93. The summed E-state index contributed by atoms with van der Waals surface area (Å²) in [5.41, 5.74) is 0.194. The second kappa shape index (κ2) is 8.61. The minimum Gasteiger partial charge on any atom is -0.493 e. The smallest absolute Gasteiger partial charge is 0.416 e. The summed E-state index contributed by atoms with van der Waals surface area (Å²) in [6.07, 6.45) is -0.0549. The molecule has 31 heavy (non-hydrogen) atoms. The van der Waals surface area contributed by atoms with E-state index < -0.39 is 11.7 Å². The zero-order chi connectivity index (χ0) is 22.0. The molecule has 5 nitrogen and oxygen atoms in total. The van der Waals surface area contributed by atoms with E-state index in [2.05, 4.69) is 9.88 Å². The van der Waals surface area contributed by atoms with Crippen LogP contribution in [0.25, 0.3) is 22.3 Å². The minimum atomic E-state index is -4.43. The molecule has 164 valence electrons. The van der Waals surface area contributed by atoms with Gasteiger partial charge in [0.25, 0.3) is 0 Å². The molecule has 0 saturated carbocycles. The van der Waals surface area contributed by atoms with Gasteiger partial charge in [0, 0.05) is 30.1 Å². The van der Waals surface area contributed by atoms with E-state index in [1.807, 2.05) is 6.07 Å². The van der Waals surface area contributed by atoms with E-state index in [0.717, 1.165) is 56.3 Å². The van der Waals surface area contributed by atoms with Gasteiger partial charge in [-0.05, 0) is 31.0 Å². The summed E-state index contributed by atoms with van der Waals surface area (Å²) in [5.74, 6) is 2.03. The number of alkyl halides is 3. The summed E-state index contributed by atoms with van der Waals surface area (Å²) in [6, 6.07) is 8.70. The zero-order valence-electron chi connectivity index (χ0n) is 17.5. The van der Waals surface area contributed by atoms with Crippen LogP contribution in [0.3, 0.4) is 0 Å². The Morgan fingerprint density at radius 1 is 0.871 bits per heavy atom. The molecule has 1 saturated heterocycles. The number of nitrogens with zero attached hydrogens (tertiary/aromatic N) is 3. The molecule has 0 atom stereocenters. The minimum absolute atomic E-state index is 0.255. The Morgan fingerprint density at radius 2 is 1.55 bits per heavy atom. The van der Waals surface area contributed by atoms with E-state index in [0.29, 0.717) is 28.4 Å². The summed E-state index contributed by atoms with van der Waals surface area (Å²) < 4.78 is 50.6. The molecule has 2 heterocycles. The quantitative estimate of drug-likeness (QED) is 0.529. The summed E-state index contributed by atoms with van der Waals surface area (Å²) >= 11 is 0. The number of hydrogen-bond donors (Lipinski definition) is 0. The van der Waals surface area contributed by atoms with Gasteiger partial charge < -0.3 is 14.4 Å². The van der Waals surface area contributed by atoms with E-state index >= 15 is 0 Å². The lowest BCUT2D eigenvalue weighted by Crippen LogP contribution is -2.25. The molecular formula is C23H24F3N3O2. The molecule has 3 aromatic rings. The molecule has 0 spiro atoms. The normalized spacial score (nSPS) is 15.1. The molecule has 1 aliphatic heterocycles. The van der Waals surface area contributed by atoms with Crippen LogP contribution in [0.2, 0.25) is 0 Å². The van der Waals surface area contributed by atoms with Crippen molar-refractivity contribution in [3.63, 3.8) is 0 Å². The summed E-state index contributed by atoms with van der Waals surface area (Å²) in [6.45, 7) is 1.67. The number of fused-ring (bicyclic) bond motifs is 1. The summed E-state index contributed by atoms with van der Waals surface area (Å²) in [5, 5.41) is 0.787. The van der Waals surface area contributed by atoms with E-state index in [1.54, 1.807) is 19.2 Å². The first-order chi connectivity index (χ1) is 14.9. The zero-order valence-corrected chi connectivity index (χ0v) is 17.5. The van der Waals surface area contributed by atoms with Crippen LogP contribution in [-0.4, -0.2) is 37.3 Å². The maximum Gasteiger partial charge on any atom is 0.416 e. The van der Waals surface area contributed by atoms with Crippen LogP contribution in [0.5, 0.6) is 11.5 Å². The van der Waals surface area contributed by atoms with Gasteiger partial charge in [-0.1, -0.05) is 25.0 Å². The molecule has 0 aliphatic carbocycles. The van der Waals surface area contributed by atoms with E-state index in [-0.39, 0.29) is 5.82 Å². The molecular weight excluding hydrogens is 407 g/mol. The van der Waals surface area contributed by atoms with Crippen LogP contribution in [0, 0.1) is 0 Å². The number of benzene rings is 2. The first kappa shape index (κ1) is 21.2. The highest BCUT2D eigenvalue weighted by atomic mass is 19.4. The van der Waals surface area contributed by atoms with Gasteiger partial charge in [-0.3, -0.25) is 0 Å². The Morgan fingerprint density at radius 3 is 2.19 bits per heavy atom. The third-order valence-electron chi connectivity index (χ3n) is 5.53. The van der Waals surface area contributed by atoms with Gasteiger partial charge in [-0.15, -0.1) is 0 Å². The summed E-state index contributed by atoms with van der Waals surface area (Å²) in [4.78, 5) is 11.5. The van der Waals surface area contributed by atoms with Gasteiger partial charge in [0.2, 0.25) is 0 Å². The second-order valence-electron chi connectivity index (χ2n) is 7.57. The Balaban J connectivity index is 1.92. The van der Waals surface area contributed by atoms with Crippen molar-refractivity contribution in [1.29, 1.82) is 0 Å². The topological polar surface area (TPSA) is 47.5 Å². The van der Waals surface area contributed by atoms with Crippen LogP contribution in [0.4, 0.5) is 19.0 Å². The van der Waals surface area contributed by atoms with Crippen molar-refractivity contribution in [2.75, 3.05) is 32.2 Å². The molecule has 0 unspecified atom stereocenters. The van der Waals surface area contributed by atoms with Crippen molar-refractivity contribution in [3.8, 4) is 22.9 Å². The van der Waals surface area contributed by atoms with Crippen LogP contribution >= 0.6 is 0 Å². The predicted molar refractivity (Wildman–Crippen MR) is 114 cm³/mol. The number of aromatic nitrogens is 2. The van der Waals surface area contributed by atoms with Gasteiger partial charge in [-0.25, -0.2) is 9.97 Å². The third kappa shape index (κ3) is 4.38. The lowest BCUT2D eigenvalue weighted by molar-refractivity contribution is -0.137. The Hall–Kier alpha value is -3.03. The van der Waals surface area contributed by atoms with Crippen molar-refractivity contribution in [3.05, 3.63) is 42.0 Å². The molecule has 1 aliphatic rings. The first-order valence-corrected chi connectivity index (χ1v) is 10.3. The standard InChI is InChI=1S/C23H24F3N3O2/c1-30-19-13-17-18(14-20(19)31-2)27-21(15-8-7-9-16(12-15)23(24,25)26)28-22(17)29-10-5-3-4-6-11-29/h7-9,12-14H,3-6,10-11H2,1-2H3. The van der Waals surface area contributed by atoms with Crippen molar-refractivity contribution >= 4 is 16.7 Å². The average Bonchev–Trinajstić information content (AvgIpc) is 3.06. The number of hydrogen-bond acceptors (Lipinski definition) is 5. The number of anilines is 1. The van der Waals surface area contributed by atoms with Crippen molar-refractivity contribution in [2.24, 2.45) is 0 Å². The Bertz CT molecular complexity index is 1080. The molecule has 1 fully saturated rings. The fraction of sp³-hybridized carbons (Fsp3) is 0.391. The molecule has 0 amide bonds. The molecule has 1 aromatic heterocycles. The lowest BCUT2D eigenvalue weighted by atomic mass is 10.1. The second-order valence-corrected chi connectivity index (χ2v) is 7.57. The molecule has 4 rings (SSSR count). The molecule has 0 N–H and O–H groups in total. The number of methoxy groups -OCH3 is 2. The Kier molecular flexibility index (Phi) is 5.89. The summed E-state index contributed by atoms with van der Waals surface area (Å²) in [7, 11) is 3.10. The first-order valence-electron chi connectivity index (χ1n) is 10.3. The average molecular weight is 431 g/mol. The largest absolute Gasteiger partial charge is 0.493 e. The van der Waals surface area contributed by atoms with Gasteiger partial charge >= 0.3 is 6.18 Å². The van der Waals surface area contributed by atoms with Crippen LogP contribution < -0.4 is 14.4 Å². The maximum atomic E-state index is 13.3. The van der Waals surface area contributed by atoms with Crippen LogP contribution in [-0.2, 0) is 6.18 Å². The van der Waals surface area contributed by atoms with Crippen molar-refractivity contribution in [2.45, 2.75) is 31.9 Å². The van der Waals surface area contributed by atoms with Gasteiger partial charge in [0.1, 0.15) is 5.82 Å². The maximum absolute atomic E-state index is 13.3. The van der Waals surface area contributed by atoms with Gasteiger partial charge in [0.05, 0.1) is 25.3 Å². The Labute approximate surface area is 178 Å².